The highest BCUT2D eigenvalue weighted by Crippen LogP contribution is 2.28. The van der Waals surface area contributed by atoms with E-state index in [1.807, 2.05) is 0 Å². The zero-order valence-electron chi connectivity index (χ0n) is 10.8. The summed E-state index contributed by atoms with van der Waals surface area (Å²) in [6, 6.07) is 0. The van der Waals surface area contributed by atoms with Crippen molar-refractivity contribution < 1.29 is 14.2 Å². The van der Waals surface area contributed by atoms with E-state index in [9.17, 15) is 0 Å². The smallest absolute Gasteiger partial charge is 0.0637 e. The average Bonchev–Trinajstić information content (AvgIpc) is 2.25. The Kier molecular flexibility index (Phi) is 7.01. The highest BCUT2D eigenvalue weighted by atomic mass is 16.5. The fourth-order valence-corrected chi connectivity index (χ4v) is 1.67. The maximum Gasteiger partial charge on any atom is 0.0637 e. The molecule has 0 atom stereocenters. The van der Waals surface area contributed by atoms with E-state index in [4.69, 9.17) is 14.2 Å². The van der Waals surface area contributed by atoms with Crippen LogP contribution in [0.1, 0.15) is 39.5 Å². The first-order chi connectivity index (χ1) is 7.83. The molecule has 0 aliphatic carbocycles. The van der Waals surface area contributed by atoms with Crippen molar-refractivity contribution in [3.8, 4) is 0 Å². The van der Waals surface area contributed by atoms with Crippen LogP contribution < -0.4 is 0 Å². The van der Waals surface area contributed by atoms with Crippen LogP contribution in [0.5, 0.6) is 0 Å². The third kappa shape index (κ3) is 4.81. The van der Waals surface area contributed by atoms with Gasteiger partial charge in [-0.25, -0.2) is 0 Å². The molecule has 3 heteroatoms. The van der Waals surface area contributed by atoms with E-state index >= 15 is 0 Å². The van der Waals surface area contributed by atoms with Gasteiger partial charge in [0.2, 0.25) is 0 Å². The van der Waals surface area contributed by atoms with Gasteiger partial charge in [-0.15, -0.1) is 0 Å². The van der Waals surface area contributed by atoms with Crippen LogP contribution in [0.15, 0.2) is 0 Å². The van der Waals surface area contributed by atoms with E-state index in [2.05, 4.69) is 13.8 Å². The third-order valence-electron chi connectivity index (χ3n) is 2.92. The highest BCUT2D eigenvalue weighted by Gasteiger charge is 2.39. The summed E-state index contributed by atoms with van der Waals surface area (Å²) in [5.41, 5.74) is 0.154. The normalized spacial score (nSPS) is 18.4. The van der Waals surface area contributed by atoms with Crippen LogP contribution in [0, 0.1) is 5.41 Å². The molecule has 1 aliphatic rings. The van der Waals surface area contributed by atoms with Crippen molar-refractivity contribution in [1.82, 2.24) is 0 Å². The summed E-state index contributed by atoms with van der Waals surface area (Å²) >= 11 is 0. The zero-order valence-corrected chi connectivity index (χ0v) is 10.8. The van der Waals surface area contributed by atoms with Crippen LogP contribution >= 0.6 is 0 Å². The third-order valence-corrected chi connectivity index (χ3v) is 2.92. The van der Waals surface area contributed by atoms with E-state index in [0.717, 1.165) is 52.5 Å². The standard InChI is InChI=1S/C13H26O3/c1-3-5-7-14-9-13(11-16-12-13)10-15-8-6-4-2/h3-12H2,1-2H3. The van der Waals surface area contributed by atoms with Gasteiger partial charge < -0.3 is 14.2 Å². The predicted molar refractivity (Wildman–Crippen MR) is 64.7 cm³/mol. The van der Waals surface area contributed by atoms with Crippen LogP contribution in [0.2, 0.25) is 0 Å². The SMILES string of the molecule is CCCCOCC1(COCCCC)COC1. The lowest BCUT2D eigenvalue weighted by atomic mass is 9.88. The Bertz CT molecular complexity index is 153. The summed E-state index contributed by atoms with van der Waals surface area (Å²) in [6.07, 6.45) is 4.67. The number of rotatable bonds is 10. The van der Waals surface area contributed by atoms with Gasteiger partial charge in [0.1, 0.15) is 0 Å². The maximum absolute atomic E-state index is 5.68. The largest absolute Gasteiger partial charge is 0.381 e. The van der Waals surface area contributed by atoms with Crippen LogP contribution in [0.4, 0.5) is 0 Å². The van der Waals surface area contributed by atoms with E-state index in [1.54, 1.807) is 0 Å². The molecule has 96 valence electrons. The van der Waals surface area contributed by atoms with Gasteiger partial charge >= 0.3 is 0 Å². The van der Waals surface area contributed by atoms with Crippen molar-refractivity contribution in [1.29, 1.82) is 0 Å². The van der Waals surface area contributed by atoms with Crippen molar-refractivity contribution >= 4 is 0 Å². The first-order valence-corrected chi connectivity index (χ1v) is 6.56. The minimum absolute atomic E-state index is 0.154. The van der Waals surface area contributed by atoms with Gasteiger partial charge in [0.25, 0.3) is 0 Å². The summed E-state index contributed by atoms with van der Waals surface area (Å²) in [6.45, 7) is 9.27. The molecule has 0 spiro atoms. The van der Waals surface area contributed by atoms with Crippen molar-refractivity contribution in [3.63, 3.8) is 0 Å². The van der Waals surface area contributed by atoms with E-state index in [0.29, 0.717) is 0 Å². The molecule has 0 amide bonds. The molecular formula is C13H26O3. The van der Waals surface area contributed by atoms with E-state index in [1.165, 1.54) is 12.8 Å². The van der Waals surface area contributed by atoms with Crippen molar-refractivity contribution in [3.05, 3.63) is 0 Å². The number of ether oxygens (including phenoxy) is 3. The topological polar surface area (TPSA) is 27.7 Å². The van der Waals surface area contributed by atoms with Gasteiger partial charge in [-0.05, 0) is 12.8 Å². The molecule has 0 bridgehead atoms. The Morgan fingerprint density at radius 2 is 1.44 bits per heavy atom. The van der Waals surface area contributed by atoms with Crippen molar-refractivity contribution in [2.75, 3.05) is 39.6 Å². The molecule has 1 heterocycles. The maximum atomic E-state index is 5.68. The molecule has 0 radical (unpaired) electrons. The van der Waals surface area contributed by atoms with Crippen molar-refractivity contribution in [2.45, 2.75) is 39.5 Å². The monoisotopic (exact) mass is 230 g/mol. The molecule has 3 nitrogen and oxygen atoms in total. The predicted octanol–water partition coefficient (Wildman–Crippen LogP) is 2.64. The molecule has 1 saturated heterocycles. The Labute approximate surface area is 99.5 Å². The van der Waals surface area contributed by atoms with Crippen LogP contribution in [0.25, 0.3) is 0 Å². The number of hydrogen-bond donors (Lipinski definition) is 0. The van der Waals surface area contributed by atoms with Crippen LogP contribution in [-0.2, 0) is 14.2 Å². The molecule has 16 heavy (non-hydrogen) atoms. The zero-order chi connectivity index (χ0) is 11.7. The second kappa shape index (κ2) is 8.04. The first-order valence-electron chi connectivity index (χ1n) is 6.56. The fourth-order valence-electron chi connectivity index (χ4n) is 1.67. The van der Waals surface area contributed by atoms with Crippen LogP contribution in [-0.4, -0.2) is 39.6 Å². The Morgan fingerprint density at radius 3 is 1.75 bits per heavy atom. The molecule has 1 rings (SSSR count). The molecule has 0 aromatic carbocycles. The van der Waals surface area contributed by atoms with Gasteiger partial charge in [-0.3, -0.25) is 0 Å². The molecule has 1 fully saturated rings. The van der Waals surface area contributed by atoms with E-state index < -0.39 is 0 Å². The van der Waals surface area contributed by atoms with Gasteiger partial charge in [0.15, 0.2) is 0 Å². The number of unbranched alkanes of at least 4 members (excludes halogenated alkanes) is 2. The Hall–Kier alpha value is -0.120. The second-order valence-electron chi connectivity index (χ2n) is 4.81. The number of hydrogen-bond acceptors (Lipinski definition) is 3. The van der Waals surface area contributed by atoms with Crippen LogP contribution in [0.3, 0.4) is 0 Å². The molecule has 0 N–H and O–H groups in total. The highest BCUT2D eigenvalue weighted by molar-refractivity contribution is 4.85. The molecule has 0 saturated carbocycles. The fraction of sp³-hybridized carbons (Fsp3) is 1.00. The lowest BCUT2D eigenvalue weighted by Crippen LogP contribution is -2.49. The Balaban J connectivity index is 2.07. The van der Waals surface area contributed by atoms with E-state index in [-0.39, 0.29) is 5.41 Å². The summed E-state index contributed by atoms with van der Waals surface area (Å²) < 4.78 is 16.6. The molecular weight excluding hydrogens is 204 g/mol. The second-order valence-corrected chi connectivity index (χ2v) is 4.81. The summed E-state index contributed by atoms with van der Waals surface area (Å²) in [5.74, 6) is 0. The summed E-state index contributed by atoms with van der Waals surface area (Å²) in [7, 11) is 0. The molecule has 0 unspecified atom stereocenters. The molecule has 1 aliphatic heterocycles. The Morgan fingerprint density at radius 1 is 0.938 bits per heavy atom. The molecule has 0 aromatic rings. The minimum atomic E-state index is 0.154. The lowest BCUT2D eigenvalue weighted by molar-refractivity contribution is -0.178. The lowest BCUT2D eigenvalue weighted by Gasteiger charge is -2.40. The first kappa shape index (κ1) is 13.9. The van der Waals surface area contributed by atoms with Crippen molar-refractivity contribution in [2.24, 2.45) is 5.41 Å². The quantitative estimate of drug-likeness (QED) is 0.540. The summed E-state index contributed by atoms with van der Waals surface area (Å²) in [5, 5.41) is 0. The van der Waals surface area contributed by atoms with Gasteiger partial charge in [0.05, 0.1) is 31.8 Å². The van der Waals surface area contributed by atoms with Gasteiger partial charge in [0, 0.05) is 13.2 Å². The van der Waals surface area contributed by atoms with Gasteiger partial charge in [-0.1, -0.05) is 26.7 Å². The summed E-state index contributed by atoms with van der Waals surface area (Å²) in [4.78, 5) is 0. The molecule has 0 aromatic heterocycles. The van der Waals surface area contributed by atoms with Gasteiger partial charge in [-0.2, -0.15) is 0 Å². The minimum Gasteiger partial charge on any atom is -0.381 e. The average molecular weight is 230 g/mol.